The minimum atomic E-state index is -0.251. The van der Waals surface area contributed by atoms with Crippen LogP contribution in [0.2, 0.25) is 5.02 Å². The number of amides is 1. The Hall–Kier alpha value is -2.01. The van der Waals surface area contributed by atoms with Crippen LogP contribution < -0.4 is 5.32 Å². The Morgan fingerprint density at radius 1 is 1.26 bits per heavy atom. The van der Waals surface area contributed by atoms with Gasteiger partial charge in [0.05, 0.1) is 11.3 Å². The van der Waals surface area contributed by atoms with Crippen molar-refractivity contribution >= 4 is 23.2 Å². The zero-order valence-electron chi connectivity index (χ0n) is 14.0. The molecule has 1 amide bonds. The number of aromatic nitrogens is 2. The Bertz CT molecular complexity index is 775. The van der Waals surface area contributed by atoms with Gasteiger partial charge in [-0.05, 0) is 18.2 Å². The number of hydrogen-bond donors (Lipinski definition) is 1. The fourth-order valence-electron chi connectivity index (χ4n) is 2.95. The Balaban J connectivity index is 2.09. The summed E-state index contributed by atoms with van der Waals surface area (Å²) in [5.41, 5.74) is 3.28. The average Bonchev–Trinajstić information content (AvgIpc) is 2.85. The van der Waals surface area contributed by atoms with E-state index >= 15 is 0 Å². The van der Waals surface area contributed by atoms with E-state index in [2.05, 4.69) is 31.2 Å². The first kappa shape index (κ1) is 15.9. The summed E-state index contributed by atoms with van der Waals surface area (Å²) in [6, 6.07) is 5.34. The number of rotatable bonds is 1. The number of nitrogens with zero attached hydrogens (tertiary/aromatic N) is 3. The highest BCUT2D eigenvalue weighted by molar-refractivity contribution is 6.31. The van der Waals surface area contributed by atoms with Crippen LogP contribution in [0.25, 0.3) is 0 Å². The molecule has 2 heterocycles. The van der Waals surface area contributed by atoms with E-state index in [1.807, 2.05) is 19.3 Å². The summed E-state index contributed by atoms with van der Waals surface area (Å²) in [7, 11) is 3.69. The van der Waals surface area contributed by atoms with E-state index < -0.39 is 0 Å². The van der Waals surface area contributed by atoms with Crippen molar-refractivity contribution in [1.29, 1.82) is 0 Å². The van der Waals surface area contributed by atoms with Crippen LogP contribution in [0, 0.1) is 0 Å². The zero-order chi connectivity index (χ0) is 16.9. The molecular formula is C17H21ClN4O. The van der Waals surface area contributed by atoms with Crippen molar-refractivity contribution in [3.05, 3.63) is 46.2 Å². The Kier molecular flexibility index (Phi) is 3.64. The van der Waals surface area contributed by atoms with Crippen LogP contribution in [0.15, 0.2) is 24.4 Å². The molecule has 23 heavy (non-hydrogen) atoms. The largest absolute Gasteiger partial charge is 0.361 e. The van der Waals surface area contributed by atoms with E-state index in [0.29, 0.717) is 10.6 Å². The number of nitrogens with one attached hydrogen (secondary N) is 1. The third kappa shape index (κ3) is 2.70. The van der Waals surface area contributed by atoms with Crippen molar-refractivity contribution in [2.45, 2.75) is 32.4 Å². The topological polar surface area (TPSA) is 50.2 Å². The van der Waals surface area contributed by atoms with Crippen molar-refractivity contribution in [1.82, 2.24) is 14.7 Å². The minimum Gasteiger partial charge on any atom is -0.361 e. The van der Waals surface area contributed by atoms with Crippen LogP contribution in [0.3, 0.4) is 0 Å². The molecule has 1 atom stereocenters. The van der Waals surface area contributed by atoms with Crippen LogP contribution in [-0.4, -0.2) is 27.6 Å². The average molecular weight is 333 g/mol. The minimum absolute atomic E-state index is 0.0463. The van der Waals surface area contributed by atoms with Crippen LogP contribution in [0.1, 0.15) is 48.6 Å². The number of benzene rings is 1. The molecule has 0 saturated carbocycles. The van der Waals surface area contributed by atoms with Gasteiger partial charge in [0.1, 0.15) is 6.17 Å². The SMILES string of the molecule is CN1C(=O)c2cc(Cl)ccc2NC1c1cn(C)nc1C(C)(C)C. The van der Waals surface area contributed by atoms with Crippen molar-refractivity contribution in [3.8, 4) is 0 Å². The number of halogens is 1. The number of anilines is 1. The molecular weight excluding hydrogens is 312 g/mol. The smallest absolute Gasteiger partial charge is 0.257 e. The van der Waals surface area contributed by atoms with E-state index in [0.717, 1.165) is 16.9 Å². The number of carbonyl (C=O) groups excluding carboxylic acids is 1. The Morgan fingerprint density at radius 2 is 1.96 bits per heavy atom. The van der Waals surface area contributed by atoms with Crippen LogP contribution in [0.4, 0.5) is 5.69 Å². The fraction of sp³-hybridized carbons (Fsp3) is 0.412. The van der Waals surface area contributed by atoms with E-state index in [1.165, 1.54) is 0 Å². The monoisotopic (exact) mass is 332 g/mol. The van der Waals surface area contributed by atoms with Gasteiger partial charge < -0.3 is 10.2 Å². The lowest BCUT2D eigenvalue weighted by Crippen LogP contribution is -2.41. The highest BCUT2D eigenvalue weighted by atomic mass is 35.5. The maximum Gasteiger partial charge on any atom is 0.257 e. The summed E-state index contributed by atoms with van der Waals surface area (Å²) in [6.07, 6.45) is 1.72. The first-order chi connectivity index (χ1) is 10.7. The standard InChI is InChI=1S/C17H21ClN4O/c1-17(2,3)14-12(9-21(4)20-14)15-19-13-7-6-10(18)8-11(13)16(23)22(15)5/h6-9,15,19H,1-5H3. The van der Waals surface area contributed by atoms with Gasteiger partial charge in [0.2, 0.25) is 0 Å². The molecule has 1 aromatic carbocycles. The molecule has 0 radical (unpaired) electrons. The first-order valence-electron chi connectivity index (χ1n) is 7.56. The maximum absolute atomic E-state index is 12.7. The molecule has 0 spiro atoms. The van der Waals surface area contributed by atoms with Crippen molar-refractivity contribution < 1.29 is 4.79 Å². The molecule has 1 N–H and O–H groups in total. The molecule has 0 aliphatic carbocycles. The van der Waals surface area contributed by atoms with E-state index in [1.54, 1.807) is 28.8 Å². The summed E-state index contributed by atoms with van der Waals surface area (Å²) in [5, 5.41) is 8.60. The van der Waals surface area contributed by atoms with Gasteiger partial charge in [0, 0.05) is 42.0 Å². The third-order valence-corrected chi connectivity index (χ3v) is 4.31. The number of hydrogen-bond acceptors (Lipinski definition) is 3. The molecule has 0 bridgehead atoms. The number of aryl methyl sites for hydroxylation is 1. The highest BCUT2D eigenvalue weighted by Crippen LogP contribution is 2.37. The van der Waals surface area contributed by atoms with Gasteiger partial charge in [-0.25, -0.2) is 0 Å². The molecule has 1 aliphatic rings. The molecule has 1 unspecified atom stereocenters. The Morgan fingerprint density at radius 3 is 2.61 bits per heavy atom. The second-order valence-corrected chi connectivity index (χ2v) is 7.45. The summed E-state index contributed by atoms with van der Waals surface area (Å²) < 4.78 is 1.80. The lowest BCUT2D eigenvalue weighted by Gasteiger charge is -2.36. The summed E-state index contributed by atoms with van der Waals surface area (Å²) >= 11 is 6.02. The quantitative estimate of drug-likeness (QED) is 0.868. The van der Waals surface area contributed by atoms with E-state index in [4.69, 9.17) is 11.6 Å². The van der Waals surface area contributed by atoms with Gasteiger partial charge in [-0.1, -0.05) is 32.4 Å². The summed E-state index contributed by atoms with van der Waals surface area (Å²) in [4.78, 5) is 14.4. The van der Waals surface area contributed by atoms with Gasteiger partial charge in [-0.3, -0.25) is 9.48 Å². The van der Waals surface area contributed by atoms with Crippen LogP contribution >= 0.6 is 11.6 Å². The van der Waals surface area contributed by atoms with Gasteiger partial charge in [0.25, 0.3) is 5.91 Å². The zero-order valence-corrected chi connectivity index (χ0v) is 14.8. The van der Waals surface area contributed by atoms with Gasteiger partial charge >= 0.3 is 0 Å². The molecule has 1 aliphatic heterocycles. The molecule has 5 nitrogen and oxygen atoms in total. The highest BCUT2D eigenvalue weighted by Gasteiger charge is 2.35. The summed E-state index contributed by atoms with van der Waals surface area (Å²) in [5.74, 6) is -0.0463. The predicted octanol–water partition coefficient (Wildman–Crippen LogP) is 3.57. The molecule has 122 valence electrons. The molecule has 1 aromatic heterocycles. The number of carbonyl (C=O) groups is 1. The molecule has 3 rings (SSSR count). The van der Waals surface area contributed by atoms with Crippen molar-refractivity contribution in [2.24, 2.45) is 7.05 Å². The van der Waals surface area contributed by atoms with Gasteiger partial charge in [0.15, 0.2) is 0 Å². The maximum atomic E-state index is 12.7. The van der Waals surface area contributed by atoms with Crippen LogP contribution in [0.5, 0.6) is 0 Å². The number of fused-ring (bicyclic) bond motifs is 1. The lowest BCUT2D eigenvalue weighted by atomic mass is 9.88. The van der Waals surface area contributed by atoms with Crippen molar-refractivity contribution in [3.63, 3.8) is 0 Å². The predicted molar refractivity (Wildman–Crippen MR) is 91.8 cm³/mol. The summed E-state index contributed by atoms with van der Waals surface area (Å²) in [6.45, 7) is 6.37. The molecule has 0 fully saturated rings. The van der Waals surface area contributed by atoms with Gasteiger partial charge in [-0.2, -0.15) is 5.10 Å². The first-order valence-corrected chi connectivity index (χ1v) is 7.93. The van der Waals surface area contributed by atoms with Crippen LogP contribution in [-0.2, 0) is 12.5 Å². The van der Waals surface area contributed by atoms with E-state index in [9.17, 15) is 4.79 Å². The van der Waals surface area contributed by atoms with Crippen molar-refractivity contribution in [2.75, 3.05) is 12.4 Å². The third-order valence-electron chi connectivity index (χ3n) is 4.07. The molecule has 6 heteroatoms. The normalized spacial score (nSPS) is 17.9. The Labute approximate surface area is 141 Å². The fourth-order valence-corrected chi connectivity index (χ4v) is 3.12. The molecule has 0 saturated heterocycles. The second kappa shape index (κ2) is 5.27. The second-order valence-electron chi connectivity index (χ2n) is 7.01. The molecule has 2 aromatic rings. The van der Waals surface area contributed by atoms with Gasteiger partial charge in [-0.15, -0.1) is 0 Å². The van der Waals surface area contributed by atoms with E-state index in [-0.39, 0.29) is 17.5 Å². The lowest BCUT2D eigenvalue weighted by molar-refractivity contribution is 0.0734.